The third-order valence-corrected chi connectivity index (χ3v) is 9.47. The SMILES string of the molecule is COC(=O)C1CC23CN(C)CC(CCC4=C2C1CC4=O)C31CCC(O)(C(C)C)OC1. The van der Waals surface area contributed by atoms with E-state index in [1.807, 2.05) is 13.8 Å². The van der Waals surface area contributed by atoms with Crippen LogP contribution in [0.3, 0.4) is 0 Å². The Balaban J connectivity index is 1.65. The first-order chi connectivity index (χ1) is 14.2. The first-order valence-electron chi connectivity index (χ1n) is 11.6. The number of piperidine rings is 1. The van der Waals surface area contributed by atoms with Gasteiger partial charge in [-0.3, -0.25) is 9.59 Å². The number of ether oxygens (including phenoxy) is 2. The van der Waals surface area contributed by atoms with Crippen molar-refractivity contribution in [2.75, 3.05) is 33.9 Å². The van der Waals surface area contributed by atoms with Gasteiger partial charge in [-0.05, 0) is 44.2 Å². The van der Waals surface area contributed by atoms with Crippen molar-refractivity contribution in [3.63, 3.8) is 0 Å². The Morgan fingerprint density at radius 1 is 1.33 bits per heavy atom. The molecule has 0 amide bonds. The number of rotatable bonds is 2. The number of likely N-dealkylation sites (tertiary alicyclic amines) is 1. The molecule has 5 rings (SSSR count). The van der Waals surface area contributed by atoms with Crippen molar-refractivity contribution in [2.24, 2.45) is 34.5 Å². The minimum Gasteiger partial charge on any atom is -0.469 e. The summed E-state index contributed by atoms with van der Waals surface area (Å²) in [7, 11) is 3.62. The van der Waals surface area contributed by atoms with Crippen LogP contribution >= 0.6 is 0 Å². The number of Topliss-reactive ketones (excluding diaryl/α,β-unsaturated/α-hetero) is 1. The molecule has 0 aromatic carbocycles. The zero-order valence-corrected chi connectivity index (χ0v) is 18.7. The summed E-state index contributed by atoms with van der Waals surface area (Å²) in [5.41, 5.74) is 1.89. The second-order valence-corrected chi connectivity index (χ2v) is 10.9. The lowest BCUT2D eigenvalue weighted by Gasteiger charge is -2.62. The van der Waals surface area contributed by atoms with Crippen LogP contribution in [-0.2, 0) is 19.1 Å². The van der Waals surface area contributed by atoms with Crippen LogP contribution in [0.25, 0.3) is 0 Å². The highest BCUT2D eigenvalue weighted by Crippen LogP contribution is 2.71. The highest BCUT2D eigenvalue weighted by atomic mass is 16.6. The van der Waals surface area contributed by atoms with Gasteiger partial charge in [-0.1, -0.05) is 19.4 Å². The lowest BCUT2D eigenvalue weighted by atomic mass is 9.50. The van der Waals surface area contributed by atoms with E-state index >= 15 is 0 Å². The maximum absolute atomic E-state index is 13.0. The molecule has 2 spiro atoms. The first kappa shape index (κ1) is 20.7. The van der Waals surface area contributed by atoms with Gasteiger partial charge in [0.15, 0.2) is 11.6 Å². The average Bonchev–Trinajstić information content (AvgIpc) is 3.18. The Morgan fingerprint density at radius 2 is 2.10 bits per heavy atom. The molecule has 1 N–H and O–H groups in total. The van der Waals surface area contributed by atoms with Crippen LogP contribution in [-0.4, -0.2) is 61.4 Å². The highest BCUT2D eigenvalue weighted by molar-refractivity contribution is 6.01. The highest BCUT2D eigenvalue weighted by Gasteiger charge is 2.70. The van der Waals surface area contributed by atoms with Crippen molar-refractivity contribution >= 4 is 11.8 Å². The van der Waals surface area contributed by atoms with Crippen molar-refractivity contribution in [1.29, 1.82) is 0 Å². The summed E-state index contributed by atoms with van der Waals surface area (Å²) in [5.74, 6) is -0.877. The van der Waals surface area contributed by atoms with Gasteiger partial charge in [0.25, 0.3) is 0 Å². The molecule has 1 saturated carbocycles. The van der Waals surface area contributed by atoms with Crippen LogP contribution in [0.15, 0.2) is 11.1 Å². The molecule has 0 radical (unpaired) electrons. The van der Waals surface area contributed by atoms with E-state index in [9.17, 15) is 14.7 Å². The smallest absolute Gasteiger partial charge is 0.309 e. The number of esters is 1. The Bertz CT molecular complexity index is 808. The maximum atomic E-state index is 13.0. The molecule has 2 bridgehead atoms. The average molecular weight is 418 g/mol. The van der Waals surface area contributed by atoms with Crippen molar-refractivity contribution in [3.8, 4) is 0 Å². The third kappa shape index (κ3) is 2.47. The van der Waals surface area contributed by atoms with Gasteiger partial charge in [0, 0.05) is 48.6 Å². The zero-order valence-electron chi connectivity index (χ0n) is 18.7. The molecule has 6 nitrogen and oxygen atoms in total. The number of ketones is 1. The fourth-order valence-electron chi connectivity index (χ4n) is 7.97. The molecular weight excluding hydrogens is 382 g/mol. The molecule has 0 aromatic rings. The van der Waals surface area contributed by atoms with E-state index in [2.05, 4.69) is 11.9 Å². The number of aliphatic hydroxyl groups is 1. The number of carbonyl (C=O) groups is 2. The first-order valence-corrected chi connectivity index (χ1v) is 11.6. The van der Waals surface area contributed by atoms with Gasteiger partial charge in [0.2, 0.25) is 0 Å². The van der Waals surface area contributed by atoms with E-state index in [1.165, 1.54) is 12.7 Å². The molecular formula is C24H35NO5. The minimum absolute atomic E-state index is 0.0204. The molecule has 6 atom stereocenters. The second-order valence-electron chi connectivity index (χ2n) is 10.9. The minimum atomic E-state index is -1.09. The molecule has 2 saturated heterocycles. The summed E-state index contributed by atoms with van der Waals surface area (Å²) >= 11 is 0. The van der Waals surface area contributed by atoms with Crippen molar-refractivity contribution in [3.05, 3.63) is 11.1 Å². The summed E-state index contributed by atoms with van der Waals surface area (Å²) in [6, 6.07) is 0. The number of carbonyl (C=O) groups excluding carboxylic acids is 2. The molecule has 166 valence electrons. The summed E-state index contributed by atoms with van der Waals surface area (Å²) in [4.78, 5) is 28.2. The van der Waals surface area contributed by atoms with E-state index in [0.717, 1.165) is 44.3 Å². The summed E-state index contributed by atoms with van der Waals surface area (Å²) in [5, 5.41) is 11.0. The summed E-state index contributed by atoms with van der Waals surface area (Å²) in [6.07, 6.45) is 4.47. The summed E-state index contributed by atoms with van der Waals surface area (Å²) in [6.45, 7) is 6.35. The number of hydrogen-bond donors (Lipinski definition) is 1. The van der Waals surface area contributed by atoms with Gasteiger partial charge in [0.1, 0.15) is 0 Å². The quantitative estimate of drug-likeness (QED) is 0.696. The topological polar surface area (TPSA) is 76.1 Å². The molecule has 2 aliphatic heterocycles. The Labute approximate surface area is 179 Å². The number of allylic oxidation sites excluding steroid dienone is 1. The molecule has 30 heavy (non-hydrogen) atoms. The predicted molar refractivity (Wildman–Crippen MR) is 110 cm³/mol. The molecule has 3 aliphatic carbocycles. The lowest BCUT2D eigenvalue weighted by molar-refractivity contribution is -0.300. The zero-order chi connectivity index (χ0) is 21.5. The van der Waals surface area contributed by atoms with Crippen LogP contribution in [0.4, 0.5) is 0 Å². The molecule has 0 aromatic heterocycles. The van der Waals surface area contributed by atoms with Crippen LogP contribution in [0.5, 0.6) is 0 Å². The fraction of sp³-hybridized carbons (Fsp3) is 0.833. The van der Waals surface area contributed by atoms with E-state index in [-0.39, 0.29) is 40.3 Å². The van der Waals surface area contributed by atoms with Crippen LogP contribution in [0.1, 0.15) is 52.4 Å². The number of methoxy groups -OCH3 is 1. The molecule has 6 unspecified atom stereocenters. The number of nitrogens with zero attached hydrogens (tertiary/aromatic N) is 1. The van der Waals surface area contributed by atoms with Gasteiger partial charge >= 0.3 is 5.97 Å². The largest absolute Gasteiger partial charge is 0.469 e. The molecule has 5 aliphatic rings. The fourth-order valence-corrected chi connectivity index (χ4v) is 7.97. The van der Waals surface area contributed by atoms with Crippen molar-refractivity contribution in [1.82, 2.24) is 4.90 Å². The standard InChI is InChI=1S/C24H35NO5/c1-14(2)24(28)8-7-22(13-30-24)15-5-6-16-19(26)9-17-18(21(27)29-4)10-23(22,20(16)17)12-25(3)11-15/h14-15,17-18,28H,5-13H2,1-4H3. The van der Waals surface area contributed by atoms with Crippen LogP contribution < -0.4 is 0 Å². The van der Waals surface area contributed by atoms with Crippen molar-refractivity contribution in [2.45, 2.75) is 58.2 Å². The summed E-state index contributed by atoms with van der Waals surface area (Å²) < 4.78 is 11.5. The molecule has 6 heteroatoms. The third-order valence-electron chi connectivity index (χ3n) is 9.47. The normalized spacial score (nSPS) is 45.8. The van der Waals surface area contributed by atoms with E-state index < -0.39 is 5.79 Å². The van der Waals surface area contributed by atoms with Crippen molar-refractivity contribution < 1.29 is 24.2 Å². The van der Waals surface area contributed by atoms with E-state index in [0.29, 0.717) is 25.4 Å². The van der Waals surface area contributed by atoms with Gasteiger partial charge in [-0.2, -0.15) is 0 Å². The molecule has 2 heterocycles. The maximum Gasteiger partial charge on any atom is 0.309 e. The van der Waals surface area contributed by atoms with Gasteiger partial charge in [0.05, 0.1) is 19.6 Å². The Hall–Kier alpha value is -1.24. The number of hydrogen-bond acceptors (Lipinski definition) is 6. The van der Waals surface area contributed by atoms with Crippen LogP contribution in [0, 0.1) is 34.5 Å². The van der Waals surface area contributed by atoms with Gasteiger partial charge < -0.3 is 19.5 Å². The van der Waals surface area contributed by atoms with Gasteiger partial charge in [-0.25, -0.2) is 0 Å². The molecule has 3 fully saturated rings. The Kier molecular flexibility index (Phi) is 4.56. The van der Waals surface area contributed by atoms with E-state index in [1.54, 1.807) is 0 Å². The van der Waals surface area contributed by atoms with Crippen LogP contribution in [0.2, 0.25) is 0 Å². The predicted octanol–water partition coefficient (Wildman–Crippen LogP) is 2.55. The Morgan fingerprint density at radius 3 is 2.73 bits per heavy atom. The van der Waals surface area contributed by atoms with Gasteiger partial charge in [-0.15, -0.1) is 0 Å². The second kappa shape index (κ2) is 6.63. The lowest BCUT2D eigenvalue weighted by Crippen LogP contribution is -2.64. The van der Waals surface area contributed by atoms with E-state index in [4.69, 9.17) is 9.47 Å². The monoisotopic (exact) mass is 417 g/mol.